The maximum Gasteiger partial charge on any atom is 0.234 e. The number of nitrogens with one attached hydrogen (secondary N) is 1. The quantitative estimate of drug-likeness (QED) is 0.860. The highest BCUT2D eigenvalue weighted by molar-refractivity contribution is 5.78. The summed E-state index contributed by atoms with van der Waals surface area (Å²) in [5.74, 6) is 0.935. The standard InChI is InChI=1S/C20H30N2O3/c1-16(2)25-18-6-3-5-17(11-18)12-21-19(23)13-22-9-8-20(14-22)7-4-10-24-15-20/h3,5-6,11,16H,4,7-10,12-15H2,1-2H3,(H,21,23). The Hall–Kier alpha value is -1.59. The average Bonchev–Trinajstić information content (AvgIpc) is 2.95. The van der Waals surface area contributed by atoms with Crippen LogP contribution in [0, 0.1) is 5.41 Å². The van der Waals surface area contributed by atoms with Crippen LogP contribution in [-0.4, -0.2) is 49.8 Å². The van der Waals surface area contributed by atoms with E-state index in [4.69, 9.17) is 9.47 Å². The van der Waals surface area contributed by atoms with Crippen LogP contribution in [0.15, 0.2) is 24.3 Å². The van der Waals surface area contributed by atoms with Crippen molar-refractivity contribution in [3.63, 3.8) is 0 Å². The molecule has 25 heavy (non-hydrogen) atoms. The molecule has 3 rings (SSSR count). The van der Waals surface area contributed by atoms with Crippen molar-refractivity contribution in [2.75, 3.05) is 32.8 Å². The molecule has 2 aliphatic heterocycles. The summed E-state index contributed by atoms with van der Waals surface area (Å²) < 4.78 is 11.4. The van der Waals surface area contributed by atoms with Gasteiger partial charge in [-0.3, -0.25) is 9.69 Å². The second-order valence-corrected chi connectivity index (χ2v) is 7.71. The van der Waals surface area contributed by atoms with Gasteiger partial charge >= 0.3 is 0 Å². The molecule has 2 aliphatic rings. The highest BCUT2D eigenvalue weighted by atomic mass is 16.5. The molecule has 2 heterocycles. The number of rotatable bonds is 6. The van der Waals surface area contributed by atoms with Gasteiger partial charge in [-0.2, -0.15) is 0 Å². The van der Waals surface area contributed by atoms with E-state index in [9.17, 15) is 4.79 Å². The third-order valence-electron chi connectivity index (χ3n) is 5.05. The molecule has 1 amide bonds. The number of likely N-dealkylation sites (tertiary alicyclic amines) is 1. The molecule has 5 heteroatoms. The molecule has 2 saturated heterocycles. The number of carbonyl (C=O) groups is 1. The molecule has 1 unspecified atom stereocenters. The summed E-state index contributed by atoms with van der Waals surface area (Å²) in [5.41, 5.74) is 1.35. The summed E-state index contributed by atoms with van der Waals surface area (Å²) in [7, 11) is 0. The van der Waals surface area contributed by atoms with Gasteiger partial charge in [0.15, 0.2) is 0 Å². The van der Waals surface area contributed by atoms with Crippen LogP contribution in [-0.2, 0) is 16.1 Å². The van der Waals surface area contributed by atoms with Crippen molar-refractivity contribution in [2.45, 2.75) is 45.8 Å². The maximum atomic E-state index is 12.3. The Morgan fingerprint density at radius 3 is 3.04 bits per heavy atom. The number of carbonyl (C=O) groups excluding carboxylic acids is 1. The smallest absolute Gasteiger partial charge is 0.234 e. The molecule has 2 fully saturated rings. The number of nitrogens with zero attached hydrogens (tertiary/aromatic N) is 1. The summed E-state index contributed by atoms with van der Waals surface area (Å²) >= 11 is 0. The highest BCUT2D eigenvalue weighted by Gasteiger charge is 2.39. The predicted molar refractivity (Wildman–Crippen MR) is 97.6 cm³/mol. The van der Waals surface area contributed by atoms with Gasteiger partial charge in [-0.1, -0.05) is 12.1 Å². The summed E-state index contributed by atoms with van der Waals surface area (Å²) in [6, 6.07) is 7.91. The summed E-state index contributed by atoms with van der Waals surface area (Å²) in [4.78, 5) is 14.6. The Morgan fingerprint density at radius 1 is 1.40 bits per heavy atom. The van der Waals surface area contributed by atoms with E-state index in [1.807, 2.05) is 38.1 Å². The second-order valence-electron chi connectivity index (χ2n) is 7.71. The fourth-order valence-electron chi connectivity index (χ4n) is 3.86. The molecule has 1 aromatic rings. The molecule has 0 saturated carbocycles. The first-order chi connectivity index (χ1) is 12.0. The van der Waals surface area contributed by atoms with Crippen LogP contribution >= 0.6 is 0 Å². The van der Waals surface area contributed by atoms with Crippen molar-refractivity contribution in [1.82, 2.24) is 10.2 Å². The van der Waals surface area contributed by atoms with Crippen LogP contribution in [0.25, 0.3) is 0 Å². The Kier molecular flexibility index (Phi) is 5.97. The fraction of sp³-hybridized carbons (Fsp3) is 0.650. The van der Waals surface area contributed by atoms with E-state index < -0.39 is 0 Å². The van der Waals surface area contributed by atoms with Crippen LogP contribution < -0.4 is 10.1 Å². The predicted octanol–water partition coefficient (Wildman–Crippen LogP) is 2.59. The lowest BCUT2D eigenvalue weighted by molar-refractivity contribution is -0.122. The summed E-state index contributed by atoms with van der Waals surface area (Å²) in [6.07, 6.45) is 3.67. The van der Waals surface area contributed by atoms with E-state index in [-0.39, 0.29) is 12.0 Å². The molecule has 0 aromatic heterocycles. The summed E-state index contributed by atoms with van der Waals surface area (Å²) in [5, 5.41) is 3.03. The molecular weight excluding hydrogens is 316 g/mol. The van der Waals surface area contributed by atoms with Crippen molar-refractivity contribution in [1.29, 1.82) is 0 Å². The molecule has 1 spiro atoms. The SMILES string of the molecule is CC(C)Oc1cccc(CNC(=O)CN2CCC3(CCCOC3)C2)c1. The number of amides is 1. The minimum absolute atomic E-state index is 0.0870. The molecule has 1 N–H and O–H groups in total. The topological polar surface area (TPSA) is 50.8 Å². The first-order valence-corrected chi connectivity index (χ1v) is 9.37. The van der Waals surface area contributed by atoms with E-state index in [1.54, 1.807) is 0 Å². The largest absolute Gasteiger partial charge is 0.491 e. The highest BCUT2D eigenvalue weighted by Crippen LogP contribution is 2.37. The van der Waals surface area contributed by atoms with Crippen molar-refractivity contribution < 1.29 is 14.3 Å². The van der Waals surface area contributed by atoms with Crippen LogP contribution in [0.3, 0.4) is 0 Å². The van der Waals surface area contributed by atoms with Gasteiger partial charge in [0.05, 0.1) is 19.3 Å². The second kappa shape index (κ2) is 8.19. The van der Waals surface area contributed by atoms with E-state index in [0.717, 1.165) is 50.5 Å². The molecule has 5 nitrogen and oxygen atoms in total. The lowest BCUT2D eigenvalue weighted by atomic mass is 9.82. The maximum absolute atomic E-state index is 12.3. The van der Waals surface area contributed by atoms with Crippen LogP contribution in [0.4, 0.5) is 0 Å². The average molecular weight is 346 g/mol. The lowest BCUT2D eigenvalue weighted by Gasteiger charge is -2.33. The number of hydrogen-bond acceptors (Lipinski definition) is 4. The third kappa shape index (κ3) is 5.19. The zero-order valence-electron chi connectivity index (χ0n) is 15.4. The molecule has 0 aliphatic carbocycles. The van der Waals surface area contributed by atoms with Gasteiger partial charge in [0.25, 0.3) is 0 Å². The molecule has 0 radical (unpaired) electrons. The molecule has 138 valence electrons. The van der Waals surface area contributed by atoms with E-state index in [0.29, 0.717) is 18.5 Å². The monoisotopic (exact) mass is 346 g/mol. The van der Waals surface area contributed by atoms with Gasteiger partial charge in [0.1, 0.15) is 5.75 Å². The van der Waals surface area contributed by atoms with Crippen LogP contribution in [0.2, 0.25) is 0 Å². The Morgan fingerprint density at radius 2 is 2.28 bits per heavy atom. The van der Waals surface area contributed by atoms with Crippen LogP contribution in [0.5, 0.6) is 5.75 Å². The fourth-order valence-corrected chi connectivity index (χ4v) is 3.86. The van der Waals surface area contributed by atoms with E-state index in [2.05, 4.69) is 10.2 Å². The van der Waals surface area contributed by atoms with Gasteiger partial charge < -0.3 is 14.8 Å². The van der Waals surface area contributed by atoms with Crippen molar-refractivity contribution >= 4 is 5.91 Å². The Balaban J connectivity index is 1.44. The van der Waals surface area contributed by atoms with Crippen molar-refractivity contribution in [3.05, 3.63) is 29.8 Å². The Bertz CT molecular complexity index is 582. The minimum atomic E-state index is 0.0870. The first-order valence-electron chi connectivity index (χ1n) is 9.37. The normalized spacial score (nSPS) is 24.0. The molecule has 1 atom stereocenters. The van der Waals surface area contributed by atoms with Gasteiger partial charge in [0.2, 0.25) is 5.91 Å². The zero-order chi connectivity index (χ0) is 17.7. The van der Waals surface area contributed by atoms with Gasteiger partial charge in [-0.05, 0) is 57.4 Å². The number of ether oxygens (including phenoxy) is 2. The first kappa shape index (κ1) is 18.2. The van der Waals surface area contributed by atoms with Gasteiger partial charge in [-0.15, -0.1) is 0 Å². The molecule has 0 bridgehead atoms. The zero-order valence-corrected chi connectivity index (χ0v) is 15.4. The van der Waals surface area contributed by atoms with Crippen LogP contribution in [0.1, 0.15) is 38.7 Å². The van der Waals surface area contributed by atoms with Gasteiger partial charge in [0, 0.05) is 25.1 Å². The van der Waals surface area contributed by atoms with Crippen molar-refractivity contribution in [3.8, 4) is 5.75 Å². The number of hydrogen-bond donors (Lipinski definition) is 1. The number of benzene rings is 1. The van der Waals surface area contributed by atoms with Crippen molar-refractivity contribution in [2.24, 2.45) is 5.41 Å². The Labute approximate surface area is 150 Å². The third-order valence-corrected chi connectivity index (χ3v) is 5.05. The van der Waals surface area contributed by atoms with Gasteiger partial charge in [-0.25, -0.2) is 0 Å². The van der Waals surface area contributed by atoms with E-state index >= 15 is 0 Å². The molecular formula is C20H30N2O3. The molecule has 1 aromatic carbocycles. The van der Waals surface area contributed by atoms with E-state index in [1.165, 1.54) is 6.42 Å². The summed E-state index contributed by atoms with van der Waals surface area (Å²) in [6.45, 7) is 8.76. The lowest BCUT2D eigenvalue weighted by Crippen LogP contribution is -2.39. The minimum Gasteiger partial charge on any atom is -0.491 e.